The highest BCUT2D eigenvalue weighted by atomic mass is 16.3. The second-order valence-electron chi connectivity index (χ2n) is 14.1. The molecule has 0 bridgehead atoms. The first-order valence-corrected chi connectivity index (χ1v) is 18.1. The van der Waals surface area contributed by atoms with Gasteiger partial charge in [-0.2, -0.15) is 0 Å². The molecule has 0 N–H and O–H groups in total. The summed E-state index contributed by atoms with van der Waals surface area (Å²) in [5.41, 5.74) is 15.9. The van der Waals surface area contributed by atoms with E-state index in [1.165, 1.54) is 66.5 Å². The standard InChI is InChI=1S/C48H33BN2O/c1-3-12-32(13-4-1)34-20-24-36(25-21-34)46-39-17-7-9-18-42(39)49-43-30-40-38-16-8-10-19-44(38)52-45(40)31-41(43)47(51-29-11-28-50(46)48(49)51)37-26-22-35(23-27-37)33-14-5-2-6-15-33/h1-31,46-47H/q+2. The Morgan fingerprint density at radius 2 is 0.942 bits per heavy atom. The summed E-state index contributed by atoms with van der Waals surface area (Å²) >= 11 is 0. The molecule has 2 aliphatic heterocycles. The van der Waals surface area contributed by atoms with Crippen LogP contribution in [-0.2, 0) is 0 Å². The van der Waals surface area contributed by atoms with E-state index in [1.54, 1.807) is 0 Å². The molecular weight excluding hydrogens is 631 g/mol. The summed E-state index contributed by atoms with van der Waals surface area (Å²) in [6.07, 6.45) is 4.57. The first-order chi connectivity index (χ1) is 25.8. The van der Waals surface area contributed by atoms with Gasteiger partial charge in [-0.3, -0.25) is 0 Å². The fourth-order valence-electron chi connectivity index (χ4n) is 8.96. The molecular formula is C48H33BN2O+2. The maximum absolute atomic E-state index is 6.55. The molecule has 0 aliphatic carbocycles. The third-order valence-electron chi connectivity index (χ3n) is 11.3. The van der Waals surface area contributed by atoms with Crippen LogP contribution in [0, 0.1) is 0 Å². The zero-order valence-electron chi connectivity index (χ0n) is 28.4. The van der Waals surface area contributed by atoms with Gasteiger partial charge in [0.25, 0.3) is 0 Å². The lowest BCUT2D eigenvalue weighted by atomic mass is 9.35. The number of para-hydroxylation sites is 1. The van der Waals surface area contributed by atoms with E-state index in [9.17, 15) is 0 Å². The number of nitrogens with zero attached hydrogens (tertiary/aromatic N) is 2. The van der Waals surface area contributed by atoms with Gasteiger partial charge in [0.1, 0.15) is 11.2 Å². The van der Waals surface area contributed by atoms with Crippen LogP contribution >= 0.6 is 0 Å². The van der Waals surface area contributed by atoms with Crippen molar-refractivity contribution in [1.29, 1.82) is 0 Å². The summed E-state index contributed by atoms with van der Waals surface area (Å²) in [4.78, 5) is 0. The predicted octanol–water partition coefficient (Wildman–Crippen LogP) is 7.91. The number of fused-ring (bicyclic) bond motifs is 7. The second-order valence-corrected chi connectivity index (χ2v) is 14.1. The lowest BCUT2D eigenvalue weighted by molar-refractivity contribution is -0.806. The van der Waals surface area contributed by atoms with E-state index >= 15 is 0 Å². The molecule has 4 heteroatoms. The van der Waals surface area contributed by atoms with Crippen molar-refractivity contribution in [2.75, 3.05) is 0 Å². The molecule has 0 saturated heterocycles. The smallest absolute Gasteiger partial charge is 0.420 e. The van der Waals surface area contributed by atoms with Crippen LogP contribution in [0.5, 0.6) is 0 Å². The molecule has 4 heterocycles. The number of benzene rings is 7. The molecule has 2 unspecified atom stereocenters. The molecule has 3 nitrogen and oxygen atoms in total. The second kappa shape index (κ2) is 11.5. The van der Waals surface area contributed by atoms with Crippen molar-refractivity contribution in [2.45, 2.75) is 12.1 Å². The largest absolute Gasteiger partial charge is 0.456 e. The van der Waals surface area contributed by atoms with Crippen molar-refractivity contribution in [1.82, 2.24) is 0 Å². The van der Waals surface area contributed by atoms with E-state index in [1.807, 2.05) is 0 Å². The van der Waals surface area contributed by atoms with Gasteiger partial charge >= 0.3 is 12.4 Å². The maximum Gasteiger partial charge on any atom is 0.420 e. The highest BCUT2D eigenvalue weighted by Gasteiger charge is 2.56. The summed E-state index contributed by atoms with van der Waals surface area (Å²) in [6, 6.07) is 64.1. The van der Waals surface area contributed by atoms with Crippen molar-refractivity contribution >= 4 is 45.3 Å². The molecule has 0 spiro atoms. The first kappa shape index (κ1) is 29.2. The molecule has 0 fully saturated rings. The summed E-state index contributed by atoms with van der Waals surface area (Å²) in [6.45, 7) is 0.0464. The van der Waals surface area contributed by atoms with Gasteiger partial charge in [0.2, 0.25) is 12.1 Å². The molecule has 11 rings (SSSR count). The number of furan rings is 1. The van der Waals surface area contributed by atoms with Crippen molar-refractivity contribution in [3.05, 3.63) is 211 Å². The van der Waals surface area contributed by atoms with Crippen LogP contribution in [0.1, 0.15) is 34.3 Å². The third kappa shape index (κ3) is 4.40. The van der Waals surface area contributed by atoms with Crippen molar-refractivity contribution in [3.8, 4) is 22.3 Å². The van der Waals surface area contributed by atoms with Crippen LogP contribution in [0.3, 0.4) is 0 Å². The van der Waals surface area contributed by atoms with E-state index in [4.69, 9.17) is 4.42 Å². The Morgan fingerprint density at radius 1 is 0.404 bits per heavy atom. The topological polar surface area (TPSA) is 20.9 Å². The Balaban J connectivity index is 1.15. The molecule has 7 aromatic carbocycles. The summed E-state index contributed by atoms with van der Waals surface area (Å²) in [5.74, 6) is 0. The van der Waals surface area contributed by atoms with E-state index in [2.05, 4.69) is 197 Å². The lowest BCUT2D eigenvalue weighted by Crippen LogP contribution is -2.84. The van der Waals surface area contributed by atoms with Gasteiger partial charge in [0, 0.05) is 33.0 Å². The zero-order chi connectivity index (χ0) is 34.2. The van der Waals surface area contributed by atoms with Gasteiger partial charge in [-0.25, -0.2) is 0 Å². The first-order valence-electron chi connectivity index (χ1n) is 18.1. The SMILES string of the molecule is c1ccc(-c2ccc(C3c4ccccc4B4c5cc6c(cc5C(c5ccc(-c7ccccc7)cc5)[n+]5ccc[n+]3c54)oc3ccccc36)cc2)cc1. The molecule has 52 heavy (non-hydrogen) atoms. The van der Waals surface area contributed by atoms with Crippen LogP contribution < -0.4 is 25.8 Å². The molecule has 0 amide bonds. The number of hydrogen-bond acceptors (Lipinski definition) is 1. The fourth-order valence-corrected chi connectivity index (χ4v) is 8.96. The molecule has 0 radical (unpaired) electrons. The Bertz CT molecular complexity index is 2790. The average Bonchev–Trinajstić information content (AvgIpc) is 3.58. The summed E-state index contributed by atoms with van der Waals surface area (Å²) in [7, 11) is 0. The number of hydrogen-bond donors (Lipinski definition) is 0. The van der Waals surface area contributed by atoms with Crippen LogP contribution in [0.15, 0.2) is 193 Å². The van der Waals surface area contributed by atoms with Gasteiger partial charge in [-0.15, -0.1) is 9.13 Å². The highest BCUT2D eigenvalue weighted by Crippen LogP contribution is 2.35. The van der Waals surface area contributed by atoms with Crippen molar-refractivity contribution in [3.63, 3.8) is 0 Å². The van der Waals surface area contributed by atoms with Crippen LogP contribution in [-0.4, -0.2) is 6.71 Å². The quantitative estimate of drug-likeness (QED) is 0.138. The normalized spacial score (nSPS) is 15.7. The van der Waals surface area contributed by atoms with Crippen molar-refractivity contribution < 1.29 is 13.6 Å². The molecule has 9 aromatic rings. The maximum atomic E-state index is 6.55. The van der Waals surface area contributed by atoms with E-state index in [0.717, 1.165) is 16.6 Å². The summed E-state index contributed by atoms with van der Waals surface area (Å²) in [5, 5.41) is 2.32. The van der Waals surface area contributed by atoms with Gasteiger partial charge in [0.05, 0.1) is 6.07 Å². The minimum atomic E-state index is -0.0393. The Labute approximate surface area is 302 Å². The fraction of sp³-hybridized carbons (Fsp3) is 0.0417. The van der Waals surface area contributed by atoms with Crippen LogP contribution in [0.25, 0.3) is 44.2 Å². The zero-order valence-corrected chi connectivity index (χ0v) is 28.4. The van der Waals surface area contributed by atoms with Gasteiger partial charge in [-0.05, 0) is 45.3 Å². The Kier molecular flexibility index (Phi) is 6.47. The Hall–Kier alpha value is -6.52. The van der Waals surface area contributed by atoms with E-state index in [0.29, 0.717) is 0 Å². The molecule has 242 valence electrons. The van der Waals surface area contributed by atoms with Crippen LogP contribution in [0.2, 0.25) is 0 Å². The highest BCUT2D eigenvalue weighted by molar-refractivity contribution is 6.94. The predicted molar refractivity (Wildman–Crippen MR) is 210 cm³/mol. The molecule has 0 saturated carbocycles. The van der Waals surface area contributed by atoms with E-state index < -0.39 is 0 Å². The molecule has 2 atom stereocenters. The number of rotatable bonds is 4. The van der Waals surface area contributed by atoms with Crippen molar-refractivity contribution in [2.24, 2.45) is 0 Å². The molecule has 2 aliphatic rings. The Morgan fingerprint density at radius 3 is 1.60 bits per heavy atom. The van der Waals surface area contributed by atoms with Crippen LogP contribution in [0.4, 0.5) is 0 Å². The van der Waals surface area contributed by atoms with Gasteiger partial charge < -0.3 is 4.42 Å². The third-order valence-corrected chi connectivity index (χ3v) is 11.3. The minimum absolute atomic E-state index is 0.0286. The van der Waals surface area contributed by atoms with E-state index in [-0.39, 0.29) is 18.8 Å². The molecule has 2 aromatic heterocycles. The van der Waals surface area contributed by atoms with Gasteiger partial charge in [-0.1, -0.05) is 158 Å². The minimum Gasteiger partial charge on any atom is -0.456 e. The number of aromatic nitrogens is 2. The monoisotopic (exact) mass is 664 g/mol. The average molecular weight is 665 g/mol. The lowest BCUT2D eigenvalue weighted by Gasteiger charge is -2.31. The summed E-state index contributed by atoms with van der Waals surface area (Å²) < 4.78 is 11.6. The van der Waals surface area contributed by atoms with Gasteiger partial charge in [0.15, 0.2) is 12.4 Å².